The fourth-order valence-electron chi connectivity index (χ4n) is 3.74. The van der Waals surface area contributed by atoms with E-state index in [-0.39, 0.29) is 23.6 Å². The van der Waals surface area contributed by atoms with E-state index in [9.17, 15) is 9.59 Å². The van der Waals surface area contributed by atoms with Crippen molar-refractivity contribution in [2.75, 3.05) is 5.75 Å². The summed E-state index contributed by atoms with van der Waals surface area (Å²) >= 11 is 7.64. The average Bonchev–Trinajstić information content (AvgIpc) is 2.87. The van der Waals surface area contributed by atoms with E-state index in [2.05, 4.69) is 5.32 Å². The van der Waals surface area contributed by atoms with Crippen LogP contribution in [-0.4, -0.2) is 34.6 Å². The monoisotopic (exact) mass is 508 g/mol. The van der Waals surface area contributed by atoms with Crippen molar-refractivity contribution >= 4 is 35.2 Å². The molecule has 0 heterocycles. The summed E-state index contributed by atoms with van der Waals surface area (Å²) in [6, 6.07) is 26.8. The molecule has 0 saturated carbocycles. The van der Waals surface area contributed by atoms with Gasteiger partial charge < -0.3 is 10.2 Å². The van der Waals surface area contributed by atoms with Crippen LogP contribution in [0.5, 0.6) is 0 Å². The van der Waals surface area contributed by atoms with Crippen molar-refractivity contribution in [3.05, 3.63) is 107 Å². The molecule has 0 aliphatic carbocycles. The predicted octanol–water partition coefficient (Wildman–Crippen LogP) is 6.13. The first-order valence-corrected chi connectivity index (χ1v) is 13.5. The lowest BCUT2D eigenvalue weighted by Gasteiger charge is -2.32. The fraction of sp³-hybridized carbons (Fsp3) is 0.310. The summed E-state index contributed by atoms with van der Waals surface area (Å²) in [5.41, 5.74) is 3.09. The van der Waals surface area contributed by atoms with Gasteiger partial charge in [0, 0.05) is 29.8 Å². The molecule has 35 heavy (non-hydrogen) atoms. The van der Waals surface area contributed by atoms with Gasteiger partial charge in [-0.05, 0) is 42.2 Å². The molecule has 0 fully saturated rings. The van der Waals surface area contributed by atoms with Gasteiger partial charge in [-0.15, -0.1) is 11.8 Å². The Balaban J connectivity index is 1.83. The molecule has 0 spiro atoms. The minimum Gasteiger partial charge on any atom is -0.352 e. The number of amides is 2. The lowest BCUT2D eigenvalue weighted by Crippen LogP contribution is -2.52. The molecule has 0 bridgehead atoms. The zero-order valence-corrected chi connectivity index (χ0v) is 21.9. The molecule has 1 N–H and O–H groups in total. The van der Waals surface area contributed by atoms with Crippen LogP contribution in [0.15, 0.2) is 84.9 Å². The molecule has 0 aliphatic heterocycles. The molecule has 0 aliphatic rings. The van der Waals surface area contributed by atoms with Crippen molar-refractivity contribution in [3.8, 4) is 0 Å². The van der Waals surface area contributed by atoms with Crippen LogP contribution < -0.4 is 5.32 Å². The second-order valence-corrected chi connectivity index (χ2v) is 10.1. The van der Waals surface area contributed by atoms with Gasteiger partial charge in [0.1, 0.15) is 6.04 Å². The van der Waals surface area contributed by atoms with Gasteiger partial charge in [0.2, 0.25) is 11.8 Å². The average molecular weight is 509 g/mol. The van der Waals surface area contributed by atoms with Crippen LogP contribution in [0.4, 0.5) is 0 Å². The van der Waals surface area contributed by atoms with Crippen LogP contribution in [0.1, 0.15) is 37.0 Å². The summed E-state index contributed by atoms with van der Waals surface area (Å²) in [5, 5.41) is 3.79. The molecule has 2 amide bonds. The van der Waals surface area contributed by atoms with Crippen LogP contribution in [0, 0.1) is 0 Å². The van der Waals surface area contributed by atoms with Crippen molar-refractivity contribution in [2.45, 2.75) is 51.1 Å². The maximum atomic E-state index is 13.6. The van der Waals surface area contributed by atoms with Crippen LogP contribution >= 0.6 is 23.4 Å². The number of benzene rings is 3. The maximum absolute atomic E-state index is 13.6. The molecule has 184 valence electrons. The van der Waals surface area contributed by atoms with E-state index in [0.29, 0.717) is 23.7 Å². The van der Waals surface area contributed by atoms with Crippen LogP contribution in [0.25, 0.3) is 0 Å². The molecule has 0 saturated heterocycles. The van der Waals surface area contributed by atoms with Crippen LogP contribution in [-0.2, 0) is 28.3 Å². The number of nitrogens with one attached hydrogen (secondary N) is 1. The van der Waals surface area contributed by atoms with E-state index in [4.69, 9.17) is 11.6 Å². The summed E-state index contributed by atoms with van der Waals surface area (Å²) in [7, 11) is 0. The molecule has 3 rings (SSSR count). The maximum Gasteiger partial charge on any atom is 0.243 e. The number of rotatable bonds is 12. The molecular weight excluding hydrogens is 476 g/mol. The standard InChI is InChI=1S/C29H33ClN2O2S/c1-3-22(2)31-29(34)27(18-23-11-6-4-7-12-23)32(19-24-13-8-5-9-14-24)28(33)21-35-20-25-15-10-16-26(30)17-25/h4-17,22,27H,3,18-21H2,1-2H3,(H,31,34)/t22-,27-/m1/s1. The summed E-state index contributed by atoms with van der Waals surface area (Å²) in [4.78, 5) is 28.8. The molecule has 6 heteroatoms. The highest BCUT2D eigenvalue weighted by Gasteiger charge is 2.30. The third kappa shape index (κ3) is 8.75. The van der Waals surface area contributed by atoms with Gasteiger partial charge in [0.25, 0.3) is 0 Å². The number of carbonyl (C=O) groups excluding carboxylic acids is 2. The van der Waals surface area contributed by atoms with E-state index in [1.165, 1.54) is 11.8 Å². The Labute approximate surface area is 218 Å². The van der Waals surface area contributed by atoms with Gasteiger partial charge in [0.15, 0.2) is 0 Å². The lowest BCUT2D eigenvalue weighted by atomic mass is 10.0. The first-order chi connectivity index (χ1) is 17.0. The normalized spacial score (nSPS) is 12.5. The number of hydrogen-bond acceptors (Lipinski definition) is 3. The Bertz CT molecular complexity index is 1080. The number of halogens is 1. The highest BCUT2D eigenvalue weighted by molar-refractivity contribution is 7.99. The van der Waals surface area contributed by atoms with Crippen molar-refractivity contribution in [1.29, 1.82) is 0 Å². The summed E-state index contributed by atoms with van der Waals surface area (Å²) in [6.07, 6.45) is 1.28. The third-order valence-corrected chi connectivity index (χ3v) is 7.07. The van der Waals surface area contributed by atoms with Gasteiger partial charge in [-0.25, -0.2) is 0 Å². The quantitative estimate of drug-likeness (QED) is 0.320. The molecule has 4 nitrogen and oxygen atoms in total. The molecular formula is C29H33ClN2O2S. The first kappa shape index (κ1) is 26.8. The summed E-state index contributed by atoms with van der Waals surface area (Å²) in [5.74, 6) is 0.781. The van der Waals surface area contributed by atoms with Crippen LogP contribution in [0.2, 0.25) is 5.02 Å². The Hall–Kier alpha value is -2.76. The van der Waals surface area contributed by atoms with E-state index < -0.39 is 6.04 Å². The molecule has 0 radical (unpaired) electrons. The predicted molar refractivity (Wildman–Crippen MR) is 146 cm³/mol. The Morgan fingerprint density at radius 1 is 0.914 bits per heavy atom. The SMILES string of the molecule is CC[C@@H](C)NC(=O)[C@@H](Cc1ccccc1)N(Cc1ccccc1)C(=O)CSCc1cccc(Cl)c1. The second kappa shape index (κ2) is 14.0. The molecule has 3 aromatic carbocycles. The number of carbonyl (C=O) groups is 2. The van der Waals surface area contributed by atoms with Crippen molar-refractivity contribution < 1.29 is 9.59 Å². The van der Waals surface area contributed by atoms with E-state index in [0.717, 1.165) is 23.1 Å². The van der Waals surface area contributed by atoms with Gasteiger partial charge in [-0.2, -0.15) is 0 Å². The van der Waals surface area contributed by atoms with E-state index in [1.54, 1.807) is 4.90 Å². The fourth-order valence-corrected chi connectivity index (χ4v) is 4.81. The number of nitrogens with zero attached hydrogens (tertiary/aromatic N) is 1. The lowest BCUT2D eigenvalue weighted by molar-refractivity contribution is -0.139. The van der Waals surface area contributed by atoms with Gasteiger partial charge in [0.05, 0.1) is 5.75 Å². The van der Waals surface area contributed by atoms with Crippen molar-refractivity contribution in [1.82, 2.24) is 10.2 Å². The van der Waals surface area contributed by atoms with E-state index in [1.807, 2.05) is 98.8 Å². The number of hydrogen-bond donors (Lipinski definition) is 1. The topological polar surface area (TPSA) is 49.4 Å². The van der Waals surface area contributed by atoms with Crippen molar-refractivity contribution in [2.24, 2.45) is 0 Å². The molecule has 2 atom stereocenters. The highest BCUT2D eigenvalue weighted by Crippen LogP contribution is 2.20. The molecule has 0 unspecified atom stereocenters. The van der Waals surface area contributed by atoms with Gasteiger partial charge in [-0.3, -0.25) is 9.59 Å². The van der Waals surface area contributed by atoms with Gasteiger partial charge in [-0.1, -0.05) is 91.3 Å². The summed E-state index contributed by atoms with van der Waals surface area (Å²) in [6.45, 7) is 4.40. The minimum atomic E-state index is -0.606. The Morgan fingerprint density at radius 3 is 2.17 bits per heavy atom. The number of thioether (sulfide) groups is 1. The molecule has 3 aromatic rings. The minimum absolute atomic E-state index is 0.0339. The second-order valence-electron chi connectivity index (χ2n) is 8.65. The highest BCUT2D eigenvalue weighted by atomic mass is 35.5. The summed E-state index contributed by atoms with van der Waals surface area (Å²) < 4.78 is 0. The third-order valence-electron chi connectivity index (χ3n) is 5.85. The smallest absolute Gasteiger partial charge is 0.243 e. The van der Waals surface area contributed by atoms with Gasteiger partial charge >= 0.3 is 0 Å². The Kier molecular flexibility index (Phi) is 10.7. The first-order valence-electron chi connectivity index (χ1n) is 12.0. The van der Waals surface area contributed by atoms with Crippen LogP contribution in [0.3, 0.4) is 0 Å². The molecule has 0 aromatic heterocycles. The largest absolute Gasteiger partial charge is 0.352 e. The zero-order valence-electron chi connectivity index (χ0n) is 20.3. The Morgan fingerprint density at radius 2 is 1.54 bits per heavy atom. The van der Waals surface area contributed by atoms with Crippen molar-refractivity contribution in [3.63, 3.8) is 0 Å². The zero-order chi connectivity index (χ0) is 25.0. The van der Waals surface area contributed by atoms with E-state index >= 15 is 0 Å².